The van der Waals surface area contributed by atoms with Crippen molar-refractivity contribution in [3.63, 3.8) is 0 Å². The molecule has 0 radical (unpaired) electrons. The summed E-state index contributed by atoms with van der Waals surface area (Å²) < 4.78 is 5.41. The van der Waals surface area contributed by atoms with Crippen LogP contribution in [0.15, 0.2) is 34.9 Å². The summed E-state index contributed by atoms with van der Waals surface area (Å²) >= 11 is 0. The van der Waals surface area contributed by atoms with Gasteiger partial charge in [0.25, 0.3) is 0 Å². The first-order valence-corrected chi connectivity index (χ1v) is 6.89. The summed E-state index contributed by atoms with van der Waals surface area (Å²) in [4.78, 5) is 4.53. The van der Waals surface area contributed by atoms with Gasteiger partial charge in [0.15, 0.2) is 5.82 Å². The first-order valence-electron chi connectivity index (χ1n) is 6.89. The Hall–Kier alpha value is -1.68. The summed E-state index contributed by atoms with van der Waals surface area (Å²) in [6.07, 6.45) is 5.11. The molecule has 0 amide bonds. The van der Waals surface area contributed by atoms with Gasteiger partial charge >= 0.3 is 0 Å². The Labute approximate surface area is 113 Å². The van der Waals surface area contributed by atoms with E-state index in [1.54, 1.807) is 0 Å². The molecule has 4 nitrogen and oxygen atoms in total. The monoisotopic (exact) mass is 257 g/mol. The lowest BCUT2D eigenvalue weighted by Gasteiger charge is -2.36. The first-order chi connectivity index (χ1) is 9.32. The third-order valence-electron chi connectivity index (χ3n) is 4.10. The predicted octanol–water partition coefficient (Wildman–Crippen LogP) is 2.24. The van der Waals surface area contributed by atoms with Gasteiger partial charge in [-0.15, -0.1) is 0 Å². The minimum atomic E-state index is -0.0298. The second-order valence-electron chi connectivity index (χ2n) is 5.34. The maximum atomic E-state index is 5.85. The molecule has 0 bridgehead atoms. The molecular weight excluding hydrogens is 238 g/mol. The van der Waals surface area contributed by atoms with Crippen LogP contribution in [-0.2, 0) is 18.3 Å². The molecule has 4 heteroatoms. The standard InChI is InChI=1S/C15H19N3O/c16-11-15(9-4-10-15)14-17-13(18-19-14)8-7-12-5-2-1-3-6-12/h1-3,5-6H,4,7-11,16H2. The van der Waals surface area contributed by atoms with Gasteiger partial charge in [0.05, 0.1) is 5.41 Å². The molecule has 1 heterocycles. The van der Waals surface area contributed by atoms with Crippen LogP contribution < -0.4 is 5.73 Å². The van der Waals surface area contributed by atoms with Gasteiger partial charge in [0.1, 0.15) is 0 Å². The largest absolute Gasteiger partial charge is 0.339 e. The lowest BCUT2D eigenvalue weighted by atomic mass is 9.69. The Morgan fingerprint density at radius 3 is 2.58 bits per heavy atom. The van der Waals surface area contributed by atoms with Crippen LogP contribution in [0.25, 0.3) is 0 Å². The fourth-order valence-electron chi connectivity index (χ4n) is 2.58. The fraction of sp³-hybridized carbons (Fsp3) is 0.467. The van der Waals surface area contributed by atoms with Crippen LogP contribution in [0.5, 0.6) is 0 Å². The van der Waals surface area contributed by atoms with Crippen molar-refractivity contribution in [2.24, 2.45) is 5.73 Å². The minimum Gasteiger partial charge on any atom is -0.339 e. The van der Waals surface area contributed by atoms with Crippen LogP contribution in [0.3, 0.4) is 0 Å². The van der Waals surface area contributed by atoms with E-state index in [9.17, 15) is 0 Å². The molecule has 1 aliphatic carbocycles. The highest BCUT2D eigenvalue weighted by atomic mass is 16.5. The van der Waals surface area contributed by atoms with E-state index in [4.69, 9.17) is 10.3 Å². The number of rotatable bonds is 5. The zero-order valence-electron chi connectivity index (χ0n) is 11.0. The summed E-state index contributed by atoms with van der Waals surface area (Å²) in [5, 5.41) is 4.09. The van der Waals surface area contributed by atoms with Crippen LogP contribution in [0, 0.1) is 0 Å². The Bertz CT molecular complexity index is 526. The lowest BCUT2D eigenvalue weighted by Crippen LogP contribution is -2.41. The summed E-state index contributed by atoms with van der Waals surface area (Å²) in [5.41, 5.74) is 7.11. The third-order valence-corrected chi connectivity index (χ3v) is 4.10. The molecule has 100 valence electrons. The normalized spacial score (nSPS) is 17.1. The number of hydrogen-bond donors (Lipinski definition) is 1. The average Bonchev–Trinajstić information content (AvgIpc) is 2.86. The molecule has 0 unspecified atom stereocenters. The lowest BCUT2D eigenvalue weighted by molar-refractivity contribution is 0.181. The van der Waals surface area contributed by atoms with Crippen molar-refractivity contribution in [3.05, 3.63) is 47.6 Å². The molecule has 0 saturated heterocycles. The zero-order chi connectivity index (χ0) is 13.1. The molecule has 0 atom stereocenters. The van der Waals surface area contributed by atoms with Crippen molar-refractivity contribution < 1.29 is 4.52 Å². The number of benzene rings is 1. The number of aromatic nitrogens is 2. The van der Waals surface area contributed by atoms with Crippen molar-refractivity contribution in [2.45, 2.75) is 37.5 Å². The Morgan fingerprint density at radius 1 is 1.16 bits per heavy atom. The maximum Gasteiger partial charge on any atom is 0.234 e. The molecule has 1 aromatic heterocycles. The smallest absolute Gasteiger partial charge is 0.234 e. The molecule has 2 N–H and O–H groups in total. The third kappa shape index (κ3) is 2.40. The molecule has 3 rings (SSSR count). The van der Waals surface area contributed by atoms with Crippen molar-refractivity contribution >= 4 is 0 Å². The van der Waals surface area contributed by atoms with Gasteiger partial charge in [-0.2, -0.15) is 4.98 Å². The molecule has 0 aliphatic heterocycles. The summed E-state index contributed by atoms with van der Waals surface area (Å²) in [6, 6.07) is 10.4. The highest BCUT2D eigenvalue weighted by Crippen LogP contribution is 2.41. The van der Waals surface area contributed by atoms with E-state index in [-0.39, 0.29) is 5.41 Å². The van der Waals surface area contributed by atoms with Gasteiger partial charge in [-0.1, -0.05) is 41.9 Å². The topological polar surface area (TPSA) is 64.9 Å². The summed E-state index contributed by atoms with van der Waals surface area (Å²) in [5.74, 6) is 1.53. The van der Waals surface area contributed by atoms with Crippen molar-refractivity contribution in [1.82, 2.24) is 10.1 Å². The van der Waals surface area contributed by atoms with Crippen molar-refractivity contribution in [1.29, 1.82) is 0 Å². The predicted molar refractivity (Wildman–Crippen MR) is 72.7 cm³/mol. The average molecular weight is 257 g/mol. The highest BCUT2D eigenvalue weighted by Gasteiger charge is 2.42. The van der Waals surface area contributed by atoms with E-state index >= 15 is 0 Å². The number of hydrogen-bond acceptors (Lipinski definition) is 4. The molecule has 0 spiro atoms. The second kappa shape index (κ2) is 5.13. The van der Waals surface area contributed by atoms with Crippen molar-refractivity contribution in [2.75, 3.05) is 6.54 Å². The number of nitrogens with two attached hydrogens (primary N) is 1. The van der Waals surface area contributed by atoms with Gasteiger partial charge < -0.3 is 10.3 Å². The van der Waals surface area contributed by atoms with Crippen LogP contribution in [0.1, 0.15) is 36.5 Å². The molecule has 2 aromatic rings. The minimum absolute atomic E-state index is 0.0298. The second-order valence-corrected chi connectivity index (χ2v) is 5.34. The maximum absolute atomic E-state index is 5.85. The number of nitrogens with zero attached hydrogens (tertiary/aromatic N) is 2. The zero-order valence-corrected chi connectivity index (χ0v) is 11.0. The van der Waals surface area contributed by atoms with E-state index in [0.29, 0.717) is 6.54 Å². The summed E-state index contributed by atoms with van der Waals surface area (Å²) in [7, 11) is 0. The van der Waals surface area contributed by atoms with Gasteiger partial charge in [0, 0.05) is 13.0 Å². The number of aryl methyl sites for hydroxylation is 2. The van der Waals surface area contributed by atoms with Crippen LogP contribution in [-0.4, -0.2) is 16.7 Å². The van der Waals surface area contributed by atoms with Gasteiger partial charge in [0.2, 0.25) is 5.89 Å². The summed E-state index contributed by atoms with van der Waals surface area (Å²) in [6.45, 7) is 0.604. The highest BCUT2D eigenvalue weighted by molar-refractivity contribution is 5.16. The molecular formula is C15H19N3O. The van der Waals surface area contributed by atoms with E-state index < -0.39 is 0 Å². The van der Waals surface area contributed by atoms with Gasteiger partial charge in [-0.3, -0.25) is 0 Å². The van der Waals surface area contributed by atoms with E-state index in [1.165, 1.54) is 12.0 Å². The van der Waals surface area contributed by atoms with Crippen LogP contribution in [0.2, 0.25) is 0 Å². The fourth-order valence-corrected chi connectivity index (χ4v) is 2.58. The molecule has 1 aliphatic rings. The SMILES string of the molecule is NCC1(c2nc(CCc3ccccc3)no2)CCC1. The Morgan fingerprint density at radius 2 is 1.95 bits per heavy atom. The molecule has 19 heavy (non-hydrogen) atoms. The van der Waals surface area contributed by atoms with Crippen molar-refractivity contribution in [3.8, 4) is 0 Å². The van der Waals surface area contributed by atoms with E-state index in [0.717, 1.165) is 37.4 Å². The Kier molecular flexibility index (Phi) is 3.34. The first kappa shape index (κ1) is 12.4. The molecule has 1 aromatic carbocycles. The van der Waals surface area contributed by atoms with E-state index in [2.05, 4.69) is 34.4 Å². The Balaban J connectivity index is 1.65. The van der Waals surface area contributed by atoms with Gasteiger partial charge in [-0.05, 0) is 24.8 Å². The van der Waals surface area contributed by atoms with E-state index in [1.807, 2.05) is 6.07 Å². The molecule has 1 saturated carbocycles. The van der Waals surface area contributed by atoms with Crippen LogP contribution in [0.4, 0.5) is 0 Å². The molecule has 1 fully saturated rings. The van der Waals surface area contributed by atoms with Crippen LogP contribution >= 0.6 is 0 Å². The van der Waals surface area contributed by atoms with Gasteiger partial charge in [-0.25, -0.2) is 0 Å². The quantitative estimate of drug-likeness (QED) is 0.892.